The summed E-state index contributed by atoms with van der Waals surface area (Å²) in [7, 11) is 0. The van der Waals surface area contributed by atoms with Gasteiger partial charge < -0.3 is 15.0 Å². The van der Waals surface area contributed by atoms with Crippen LogP contribution in [0.1, 0.15) is 24.9 Å². The van der Waals surface area contributed by atoms with Crippen molar-refractivity contribution in [3.05, 3.63) is 59.1 Å². The second-order valence-corrected chi connectivity index (χ2v) is 9.60. The molecular formula is C24H26ClN3O4S. The van der Waals surface area contributed by atoms with E-state index in [9.17, 15) is 14.4 Å². The van der Waals surface area contributed by atoms with Gasteiger partial charge in [0.05, 0.1) is 17.5 Å². The summed E-state index contributed by atoms with van der Waals surface area (Å²) >= 11 is 7.44. The first-order valence-electron chi connectivity index (χ1n) is 11.0. The molecule has 1 saturated heterocycles. The van der Waals surface area contributed by atoms with Crippen molar-refractivity contribution in [2.45, 2.75) is 29.5 Å². The first kappa shape index (κ1) is 23.6. The molecule has 9 heteroatoms. The molecule has 4 rings (SSSR count). The molecule has 7 nitrogen and oxygen atoms in total. The van der Waals surface area contributed by atoms with Gasteiger partial charge in [-0.05, 0) is 36.8 Å². The van der Waals surface area contributed by atoms with Gasteiger partial charge in [0.2, 0.25) is 11.8 Å². The Labute approximate surface area is 202 Å². The lowest BCUT2D eigenvalue weighted by Crippen LogP contribution is -2.51. The molecule has 1 fully saturated rings. The molecular weight excluding hydrogens is 462 g/mol. The molecule has 2 aliphatic heterocycles. The van der Waals surface area contributed by atoms with Crippen LogP contribution in [0.25, 0.3) is 0 Å². The summed E-state index contributed by atoms with van der Waals surface area (Å²) in [5.41, 5.74) is 1.60. The van der Waals surface area contributed by atoms with Crippen LogP contribution >= 0.6 is 23.4 Å². The number of piperazine rings is 1. The maximum atomic E-state index is 13.0. The van der Waals surface area contributed by atoms with Gasteiger partial charge in [-0.15, -0.1) is 11.8 Å². The molecule has 174 valence electrons. The fourth-order valence-electron chi connectivity index (χ4n) is 4.11. The van der Waals surface area contributed by atoms with E-state index >= 15 is 0 Å². The summed E-state index contributed by atoms with van der Waals surface area (Å²) < 4.78 is 5.32. The number of nitrogens with zero attached hydrogens (tertiary/aromatic N) is 2. The molecule has 1 N–H and O–H groups in total. The monoisotopic (exact) mass is 487 g/mol. The van der Waals surface area contributed by atoms with Gasteiger partial charge >= 0.3 is 5.97 Å². The highest BCUT2D eigenvalue weighted by Gasteiger charge is 2.35. The molecule has 0 aliphatic carbocycles. The topological polar surface area (TPSA) is 79.0 Å². The third-order valence-electron chi connectivity index (χ3n) is 5.79. The smallest absolute Gasteiger partial charge is 0.328 e. The summed E-state index contributed by atoms with van der Waals surface area (Å²) in [6.07, 6.45) is 0.142. The van der Waals surface area contributed by atoms with E-state index in [1.807, 2.05) is 41.3 Å². The number of halogens is 1. The van der Waals surface area contributed by atoms with E-state index in [0.717, 1.165) is 16.1 Å². The van der Waals surface area contributed by atoms with Crippen molar-refractivity contribution >= 4 is 46.8 Å². The number of ether oxygens (including phenoxy) is 1. The molecule has 2 aliphatic rings. The van der Waals surface area contributed by atoms with Crippen molar-refractivity contribution in [1.29, 1.82) is 0 Å². The number of hydrogen-bond acceptors (Lipinski definition) is 6. The summed E-state index contributed by atoms with van der Waals surface area (Å²) in [6, 6.07) is 14.2. The number of rotatable bonds is 6. The van der Waals surface area contributed by atoms with E-state index in [4.69, 9.17) is 16.3 Å². The minimum Gasteiger partial charge on any atom is -0.465 e. The number of nitrogens with one attached hydrogen (secondary N) is 1. The maximum absolute atomic E-state index is 13.0. The molecule has 0 saturated carbocycles. The molecule has 2 amide bonds. The lowest BCUT2D eigenvalue weighted by atomic mass is 10.0. The molecule has 0 spiro atoms. The number of thioether (sulfide) groups is 1. The minimum absolute atomic E-state index is 0.0548. The highest BCUT2D eigenvalue weighted by Crippen LogP contribution is 2.37. The van der Waals surface area contributed by atoms with Crippen molar-refractivity contribution in [3.63, 3.8) is 0 Å². The molecule has 2 heterocycles. The summed E-state index contributed by atoms with van der Waals surface area (Å²) in [5, 5.41) is 3.04. The maximum Gasteiger partial charge on any atom is 0.328 e. The lowest BCUT2D eigenvalue weighted by molar-refractivity contribution is -0.151. The number of fused-ring (bicyclic) bond motifs is 1. The number of benzene rings is 2. The van der Waals surface area contributed by atoms with Gasteiger partial charge in [-0.2, -0.15) is 0 Å². The second-order valence-electron chi connectivity index (χ2n) is 7.92. The molecule has 0 radical (unpaired) electrons. The number of carbonyl (C=O) groups is 3. The van der Waals surface area contributed by atoms with Crippen LogP contribution in [0.3, 0.4) is 0 Å². The third-order valence-corrected chi connectivity index (χ3v) is 7.32. The fourth-order valence-corrected chi connectivity index (χ4v) is 5.33. The predicted molar refractivity (Wildman–Crippen MR) is 128 cm³/mol. The molecule has 2 aromatic carbocycles. The number of amides is 2. The number of para-hydroxylation sites is 1. The molecule has 0 aromatic heterocycles. The molecule has 33 heavy (non-hydrogen) atoms. The highest BCUT2D eigenvalue weighted by atomic mass is 35.5. The Bertz CT molecular complexity index is 1020. The normalized spacial score (nSPS) is 19.4. The van der Waals surface area contributed by atoms with E-state index in [0.29, 0.717) is 37.8 Å². The van der Waals surface area contributed by atoms with Crippen molar-refractivity contribution in [1.82, 2.24) is 9.80 Å². The van der Waals surface area contributed by atoms with E-state index in [1.54, 1.807) is 24.0 Å². The van der Waals surface area contributed by atoms with Crippen LogP contribution in [-0.2, 0) is 19.1 Å². The van der Waals surface area contributed by atoms with Gasteiger partial charge in [-0.1, -0.05) is 35.9 Å². The molecule has 0 bridgehead atoms. The third kappa shape index (κ3) is 5.51. The van der Waals surface area contributed by atoms with Crippen LogP contribution in [0, 0.1) is 0 Å². The Morgan fingerprint density at radius 1 is 1.12 bits per heavy atom. The van der Waals surface area contributed by atoms with Gasteiger partial charge in [0.25, 0.3) is 0 Å². The van der Waals surface area contributed by atoms with E-state index in [-0.39, 0.29) is 24.2 Å². The Morgan fingerprint density at radius 3 is 2.52 bits per heavy atom. The fraction of sp³-hybridized carbons (Fsp3) is 0.375. The number of anilines is 1. The van der Waals surface area contributed by atoms with Crippen LogP contribution in [-0.4, -0.2) is 65.6 Å². The number of hydrogen-bond donors (Lipinski definition) is 1. The van der Waals surface area contributed by atoms with Gasteiger partial charge in [-0.3, -0.25) is 14.5 Å². The van der Waals surface area contributed by atoms with E-state index < -0.39 is 11.3 Å². The number of esters is 1. The van der Waals surface area contributed by atoms with Crippen LogP contribution in [0.4, 0.5) is 5.69 Å². The van der Waals surface area contributed by atoms with E-state index in [1.165, 1.54) is 11.8 Å². The second kappa shape index (κ2) is 10.6. The Morgan fingerprint density at radius 2 is 1.82 bits per heavy atom. The van der Waals surface area contributed by atoms with Gasteiger partial charge in [0.15, 0.2) is 0 Å². The largest absolute Gasteiger partial charge is 0.465 e. The lowest BCUT2D eigenvalue weighted by Gasteiger charge is -2.38. The van der Waals surface area contributed by atoms with Crippen LogP contribution in [0.15, 0.2) is 53.4 Å². The molecule has 2 atom stereocenters. The Balaban J connectivity index is 1.38. The van der Waals surface area contributed by atoms with Gasteiger partial charge in [0, 0.05) is 42.5 Å². The SMILES string of the molecule is CCOC(=O)[C@@H](c1ccc(Cl)cc1)N1CCN(C(=O)C[C@@H]2Sc3ccccc3NC2=O)CC1. The van der Waals surface area contributed by atoms with Crippen molar-refractivity contribution in [3.8, 4) is 0 Å². The van der Waals surface area contributed by atoms with Gasteiger partial charge in [-0.25, -0.2) is 4.79 Å². The molecule has 0 unspecified atom stereocenters. The Kier molecular flexibility index (Phi) is 7.57. The van der Waals surface area contributed by atoms with Crippen LogP contribution < -0.4 is 5.32 Å². The first-order valence-corrected chi connectivity index (χ1v) is 12.2. The van der Waals surface area contributed by atoms with Crippen LogP contribution in [0.5, 0.6) is 0 Å². The van der Waals surface area contributed by atoms with E-state index in [2.05, 4.69) is 5.32 Å². The zero-order valence-corrected chi connectivity index (χ0v) is 19.9. The average molecular weight is 488 g/mol. The Hall–Kier alpha value is -2.55. The number of carbonyl (C=O) groups excluding carboxylic acids is 3. The average Bonchev–Trinajstić information content (AvgIpc) is 2.81. The summed E-state index contributed by atoms with van der Waals surface area (Å²) in [4.78, 5) is 42.9. The summed E-state index contributed by atoms with van der Waals surface area (Å²) in [5.74, 6) is -0.509. The van der Waals surface area contributed by atoms with Crippen molar-refractivity contribution in [2.75, 3.05) is 38.1 Å². The van der Waals surface area contributed by atoms with Crippen molar-refractivity contribution in [2.24, 2.45) is 0 Å². The molecule has 2 aromatic rings. The minimum atomic E-state index is -0.546. The van der Waals surface area contributed by atoms with Crippen molar-refractivity contribution < 1.29 is 19.1 Å². The predicted octanol–water partition coefficient (Wildman–Crippen LogP) is 3.59. The zero-order chi connectivity index (χ0) is 23.4. The van der Waals surface area contributed by atoms with Gasteiger partial charge in [0.1, 0.15) is 6.04 Å². The highest BCUT2D eigenvalue weighted by molar-refractivity contribution is 8.01. The quantitative estimate of drug-likeness (QED) is 0.627. The standard InChI is InChI=1S/C24H26ClN3O4S/c1-2-32-24(31)22(16-7-9-17(25)10-8-16)28-13-11-27(12-14-28)21(29)15-20-23(30)26-18-5-3-4-6-19(18)33-20/h3-10,20,22H,2,11-15H2,1H3,(H,26,30)/t20-,22+/m0/s1. The van der Waals surface area contributed by atoms with Crippen LogP contribution in [0.2, 0.25) is 5.02 Å². The summed E-state index contributed by atoms with van der Waals surface area (Å²) in [6.45, 7) is 4.11. The zero-order valence-electron chi connectivity index (χ0n) is 18.3. The first-order chi connectivity index (χ1) is 16.0.